The third-order valence-corrected chi connectivity index (χ3v) is 16.8. The summed E-state index contributed by atoms with van der Waals surface area (Å²) in [6.07, 6.45) is 0.276. The van der Waals surface area contributed by atoms with E-state index in [4.69, 9.17) is 26.8 Å². The predicted molar refractivity (Wildman–Crippen MR) is 289 cm³/mol. The first-order chi connectivity index (χ1) is 36.7. The van der Waals surface area contributed by atoms with E-state index in [0.717, 1.165) is 41.3 Å². The number of nitrogens with zero attached hydrogens (tertiary/aromatic N) is 9. The molecule has 8 aromatic rings. The normalized spacial score (nSPS) is 12.9. The predicted octanol–water partition coefficient (Wildman–Crippen LogP) is 10.6. The highest BCUT2D eigenvalue weighted by Crippen LogP contribution is 2.46. The summed E-state index contributed by atoms with van der Waals surface area (Å²) in [6.45, 7) is 3.14. The molecule has 1 amide bonds. The Morgan fingerprint density at radius 3 is 2.08 bits per heavy atom. The number of hydrogen-bond acceptors (Lipinski definition) is 22. The van der Waals surface area contributed by atoms with Crippen molar-refractivity contribution in [3.63, 3.8) is 0 Å². The van der Waals surface area contributed by atoms with Gasteiger partial charge in [-0.2, -0.15) is 33.7 Å². The summed E-state index contributed by atoms with van der Waals surface area (Å²) >= 11 is 8.63. The molecule has 0 aliphatic heterocycles. The number of benzene rings is 5. The number of halogens is 1. The fourth-order valence-electron chi connectivity index (χ4n) is 7.60. The van der Waals surface area contributed by atoms with E-state index in [1.165, 1.54) is 41.7 Å². The quantitative estimate of drug-likeness (QED) is 0.0159. The molecule has 0 radical (unpaired) electrons. The van der Waals surface area contributed by atoms with Crippen molar-refractivity contribution in [3.8, 4) is 17.4 Å². The lowest BCUT2D eigenvalue weighted by atomic mass is 10.1. The van der Waals surface area contributed by atoms with Crippen molar-refractivity contribution in [2.45, 2.75) is 47.8 Å². The molecule has 5 aromatic carbocycles. The highest BCUT2D eigenvalue weighted by atomic mass is 35.5. The molecule has 0 saturated heterocycles. The van der Waals surface area contributed by atoms with Gasteiger partial charge in [-0.05, 0) is 85.4 Å². The van der Waals surface area contributed by atoms with Crippen LogP contribution in [0, 0.1) is 6.92 Å². The van der Waals surface area contributed by atoms with Crippen molar-refractivity contribution in [1.82, 2.24) is 14.4 Å². The number of nitrogens with two attached hydrogens (primary N) is 1. The molecule has 0 aliphatic carbocycles. The maximum Gasteiger partial charge on any atom is 0.296 e. The van der Waals surface area contributed by atoms with E-state index in [1.54, 1.807) is 24.3 Å². The molecule has 3 aromatic heterocycles. The molecule has 0 atom stereocenters. The summed E-state index contributed by atoms with van der Waals surface area (Å²) in [4.78, 5) is 20.7. The number of carbonyl (C=O) groups excluding carboxylic acids is 1. The molecule has 410 valence electrons. The summed E-state index contributed by atoms with van der Waals surface area (Å²) in [5.74, 6) is -2.50. The van der Waals surface area contributed by atoms with Gasteiger partial charge in [-0.15, -0.1) is 42.4 Å². The smallest absolute Gasteiger partial charge is 0.296 e. The molecule has 0 aliphatic rings. The highest BCUT2D eigenvalue weighted by Gasteiger charge is 2.26. The van der Waals surface area contributed by atoms with Crippen LogP contribution in [0.5, 0.6) is 17.4 Å². The zero-order chi connectivity index (χ0) is 56.5. The van der Waals surface area contributed by atoms with Crippen LogP contribution in [0.2, 0.25) is 5.02 Å². The first-order valence-electron chi connectivity index (χ1n) is 22.5. The molecule has 0 saturated carbocycles. The fourth-order valence-corrected chi connectivity index (χ4v) is 12.1. The van der Waals surface area contributed by atoms with Crippen molar-refractivity contribution in [3.05, 3.63) is 88.9 Å². The molecule has 33 heteroatoms. The molecule has 26 nitrogen and oxygen atoms in total. The number of hydrogen-bond donors (Lipinski definition) is 6. The lowest BCUT2D eigenvalue weighted by molar-refractivity contribution is 0.100. The van der Waals surface area contributed by atoms with E-state index in [2.05, 4.69) is 40.7 Å². The number of aromatic nitrogens is 3. The molecule has 0 spiro atoms. The molecule has 8 rings (SSSR count). The molecular formula is C45H41ClN10O16S6. The number of amides is 1. The number of fused-ring (bicyclic) bond motifs is 6. The van der Waals surface area contributed by atoms with Crippen LogP contribution < -0.4 is 15.2 Å². The summed E-state index contributed by atoms with van der Waals surface area (Å²) in [5.41, 5.74) is 6.34. The second-order valence-electron chi connectivity index (χ2n) is 16.7. The number of para-hydroxylation sites is 2. The van der Waals surface area contributed by atoms with Gasteiger partial charge in [-0.3, -0.25) is 27.4 Å². The zero-order valence-electron chi connectivity index (χ0n) is 40.2. The van der Waals surface area contributed by atoms with E-state index in [1.807, 2.05) is 6.92 Å². The first-order valence-corrected chi connectivity index (χ1v) is 30.8. The van der Waals surface area contributed by atoms with Crippen LogP contribution in [0.4, 0.5) is 33.6 Å². The minimum Gasteiger partial charge on any atom is -0.493 e. The largest absolute Gasteiger partial charge is 0.493 e. The molecular weight excluding hydrogens is 1160 g/mol. The Kier molecular flexibility index (Phi) is 16.8. The monoisotopic (exact) mass is 1200 g/mol. The van der Waals surface area contributed by atoms with Gasteiger partial charge in [-0.1, -0.05) is 48.1 Å². The average Bonchev–Trinajstić information content (AvgIpc) is 4.10. The van der Waals surface area contributed by atoms with E-state index < -0.39 is 73.6 Å². The number of aromatic hydroxyl groups is 1. The number of primary amides is 1. The standard InChI is InChI=1S/C45H41ClN10O16S6/c1-3-12-71-35-21-32(36(73-14-7-16-76(62,63)64)22-31(35)52-55-45-49-40-37(78(68,69)70)17-24-10-11-25(77(65,66)67)18-26(24)41(40)74-45)53-50-29-20-34(72-13-6-15-75(59,60)61)30(19-27(29)46)51-54-39-23(2)38(42(47)57)43-48-28-8-4-5-9-33(28)56(43)44(39)58/h4-5,8-11,17-22,58H,3,6-7,12-16H2,1-2H3,(H2,47,57)(H,59,60,61)(H,62,63,64)(H,65,66,67)(H,68,69,70). The molecule has 0 unspecified atom stereocenters. The molecule has 0 bridgehead atoms. The Balaban J connectivity index is 1.21. The minimum absolute atomic E-state index is 0.0336. The Labute approximate surface area is 456 Å². The van der Waals surface area contributed by atoms with Gasteiger partial charge in [-0.25, -0.2) is 9.97 Å². The van der Waals surface area contributed by atoms with Crippen LogP contribution in [0.15, 0.2) is 118 Å². The van der Waals surface area contributed by atoms with Crippen LogP contribution in [-0.2, 0) is 40.5 Å². The number of azo groups is 3. The average molecular weight is 1210 g/mol. The van der Waals surface area contributed by atoms with Gasteiger partial charge in [0.1, 0.15) is 50.3 Å². The lowest BCUT2D eigenvalue weighted by Crippen LogP contribution is -2.15. The Morgan fingerprint density at radius 2 is 1.40 bits per heavy atom. The van der Waals surface area contributed by atoms with E-state index >= 15 is 0 Å². The van der Waals surface area contributed by atoms with Gasteiger partial charge in [0, 0.05) is 22.4 Å². The Hall–Kier alpha value is -6.85. The van der Waals surface area contributed by atoms with Gasteiger partial charge < -0.3 is 20.3 Å². The van der Waals surface area contributed by atoms with Crippen molar-refractivity contribution < 1.29 is 71.3 Å². The molecule has 7 N–H and O–H groups in total. The third-order valence-electron chi connectivity index (χ3n) is 11.1. The van der Waals surface area contributed by atoms with Gasteiger partial charge >= 0.3 is 0 Å². The van der Waals surface area contributed by atoms with Gasteiger partial charge in [0.15, 0.2) is 5.65 Å². The highest BCUT2D eigenvalue weighted by molar-refractivity contribution is 7.99. The van der Waals surface area contributed by atoms with Crippen LogP contribution in [0.3, 0.4) is 0 Å². The number of thioether (sulfide) groups is 1. The molecule has 0 fully saturated rings. The maximum atomic E-state index is 12.8. The van der Waals surface area contributed by atoms with Crippen LogP contribution in [0.25, 0.3) is 37.7 Å². The number of imidazole rings is 1. The van der Waals surface area contributed by atoms with Crippen LogP contribution in [0.1, 0.15) is 42.1 Å². The first kappa shape index (κ1) is 57.3. The fraction of sp³-hybridized carbons (Fsp3) is 0.222. The minimum atomic E-state index is -4.90. The summed E-state index contributed by atoms with van der Waals surface area (Å²) < 4.78 is 147. The summed E-state index contributed by atoms with van der Waals surface area (Å²) in [6, 6.07) is 16.7. The molecule has 3 heterocycles. The third kappa shape index (κ3) is 13.2. The Morgan fingerprint density at radius 1 is 0.756 bits per heavy atom. The topological polar surface area (TPSA) is 404 Å². The van der Waals surface area contributed by atoms with Gasteiger partial charge in [0.05, 0.1) is 55.9 Å². The van der Waals surface area contributed by atoms with Crippen molar-refractivity contribution >= 4 is 152 Å². The lowest BCUT2D eigenvalue weighted by Gasteiger charge is -2.13. The zero-order valence-corrected chi connectivity index (χ0v) is 45.9. The van der Waals surface area contributed by atoms with Crippen LogP contribution >= 0.6 is 34.7 Å². The Bertz CT molecular complexity index is 4310. The van der Waals surface area contributed by atoms with E-state index in [9.17, 15) is 61.8 Å². The van der Waals surface area contributed by atoms with Gasteiger partial charge in [0.2, 0.25) is 11.0 Å². The maximum absolute atomic E-state index is 12.8. The number of thiazole rings is 1. The summed E-state index contributed by atoms with van der Waals surface area (Å²) in [5, 5.41) is 37.6. The number of rotatable bonds is 22. The second-order valence-corrected chi connectivity index (χ2v) is 25.1. The van der Waals surface area contributed by atoms with Crippen LogP contribution in [-0.4, -0.2) is 108 Å². The second kappa shape index (κ2) is 22.9. The summed E-state index contributed by atoms with van der Waals surface area (Å²) in [7, 11) is -18.3. The number of carbonyl (C=O) groups is 1. The number of ether oxygens (including phenoxy) is 2. The molecule has 78 heavy (non-hydrogen) atoms. The van der Waals surface area contributed by atoms with E-state index in [-0.39, 0.29) is 120 Å². The van der Waals surface area contributed by atoms with Crippen molar-refractivity contribution in [2.24, 2.45) is 36.4 Å². The number of pyridine rings is 1. The van der Waals surface area contributed by atoms with Gasteiger partial charge in [0.25, 0.3) is 46.4 Å². The van der Waals surface area contributed by atoms with Crippen molar-refractivity contribution in [2.75, 3.05) is 30.5 Å². The van der Waals surface area contributed by atoms with E-state index in [0.29, 0.717) is 22.3 Å². The SMILES string of the molecule is CCCOc1cc(N=Nc2cc(OCCCS(=O)(=O)O)c(N=Nc3c(C)c(C(N)=O)c4nc5ccccc5n4c3O)cc2Cl)c(SCCCS(=O)(=O)O)cc1N=Nc1nc2c(S(=O)(=O)O)cc3ccc(S(=O)(=O)O)cc3c2s1. The van der Waals surface area contributed by atoms with Crippen molar-refractivity contribution in [1.29, 1.82) is 0 Å².